The number of amides is 1. The van der Waals surface area contributed by atoms with Crippen LogP contribution in [0.1, 0.15) is 34.5 Å². The molecule has 0 unspecified atom stereocenters. The summed E-state index contributed by atoms with van der Waals surface area (Å²) < 4.78 is 1.54. The van der Waals surface area contributed by atoms with Gasteiger partial charge in [0.1, 0.15) is 11.8 Å². The van der Waals surface area contributed by atoms with E-state index in [1.54, 1.807) is 20.2 Å². The summed E-state index contributed by atoms with van der Waals surface area (Å²) in [5.74, 6) is -0.801. The fourth-order valence-electron chi connectivity index (χ4n) is 4.69. The molecule has 35 heavy (non-hydrogen) atoms. The molecule has 0 spiro atoms. The Kier molecular flexibility index (Phi) is 5.16. The van der Waals surface area contributed by atoms with Gasteiger partial charge < -0.3 is 5.32 Å². The molecule has 2 N–H and O–H groups in total. The van der Waals surface area contributed by atoms with Crippen molar-refractivity contribution in [3.05, 3.63) is 75.6 Å². The van der Waals surface area contributed by atoms with E-state index in [1.165, 1.54) is 20.9 Å². The standard InChI is InChI=1S/C26H21N7OS/c1-26(22-11-18(14-35-22)16-6-4-5-15(9-16)12-27)23(24(34)32(2)25(29)30-26)17-7-8-19-20(10-17)31-33(3)21(19)13-28/h4-11,14,23H,1-3H3,(H2,29,30)/t23-,26+/m0/s1. The summed E-state index contributed by atoms with van der Waals surface area (Å²) in [7, 11) is 3.31. The third kappa shape index (κ3) is 3.45. The number of nitrogens with zero attached hydrogens (tertiary/aromatic N) is 5. The maximum atomic E-state index is 13.6. The predicted molar refractivity (Wildman–Crippen MR) is 134 cm³/mol. The molecule has 1 aliphatic heterocycles. The number of aryl methyl sites for hydroxylation is 1. The summed E-state index contributed by atoms with van der Waals surface area (Å²) in [5, 5.41) is 37.6. The third-order valence-electron chi connectivity index (χ3n) is 6.60. The number of nitriles is 2. The highest BCUT2D eigenvalue weighted by Gasteiger charge is 2.49. The molecule has 0 aliphatic carbocycles. The first-order valence-electron chi connectivity index (χ1n) is 10.9. The number of nitrogens with one attached hydrogen (secondary N) is 2. The zero-order chi connectivity index (χ0) is 24.9. The second-order valence-corrected chi connectivity index (χ2v) is 9.67. The minimum absolute atomic E-state index is 0.0286. The van der Waals surface area contributed by atoms with E-state index >= 15 is 0 Å². The average molecular weight is 480 g/mol. The summed E-state index contributed by atoms with van der Waals surface area (Å²) in [6.45, 7) is 1.93. The van der Waals surface area contributed by atoms with Crippen molar-refractivity contribution in [2.75, 3.05) is 7.05 Å². The maximum Gasteiger partial charge on any atom is 0.239 e. The highest BCUT2D eigenvalue weighted by molar-refractivity contribution is 7.10. The Labute approximate surface area is 206 Å². The van der Waals surface area contributed by atoms with Crippen LogP contribution in [0, 0.1) is 28.1 Å². The van der Waals surface area contributed by atoms with Crippen LogP contribution in [0.15, 0.2) is 53.9 Å². The van der Waals surface area contributed by atoms with Gasteiger partial charge in [0, 0.05) is 24.4 Å². The molecule has 172 valence electrons. The molecular weight excluding hydrogens is 458 g/mol. The van der Waals surface area contributed by atoms with E-state index in [4.69, 9.17) is 5.41 Å². The number of hydrogen-bond donors (Lipinski definition) is 2. The summed E-state index contributed by atoms with van der Waals surface area (Å²) in [6, 6.07) is 19.3. The number of benzene rings is 2. The molecule has 8 nitrogen and oxygen atoms in total. The molecule has 1 aliphatic rings. The summed E-state index contributed by atoms with van der Waals surface area (Å²) in [5.41, 5.74) is 3.40. The Hall–Kier alpha value is -4.47. The smallest absolute Gasteiger partial charge is 0.239 e. The van der Waals surface area contributed by atoms with Crippen molar-refractivity contribution >= 4 is 34.1 Å². The number of rotatable bonds is 3. The van der Waals surface area contributed by atoms with E-state index < -0.39 is 11.5 Å². The van der Waals surface area contributed by atoms with Gasteiger partial charge in [-0.1, -0.05) is 18.2 Å². The van der Waals surface area contributed by atoms with Gasteiger partial charge in [-0.05, 0) is 59.3 Å². The van der Waals surface area contributed by atoms with Crippen LogP contribution >= 0.6 is 11.3 Å². The molecule has 3 heterocycles. The Morgan fingerprint density at radius 3 is 2.66 bits per heavy atom. The monoisotopic (exact) mass is 479 g/mol. The minimum atomic E-state index is -0.892. The molecule has 0 saturated carbocycles. The van der Waals surface area contributed by atoms with Crippen molar-refractivity contribution in [3.8, 4) is 23.3 Å². The number of guanidine groups is 1. The first kappa shape index (κ1) is 22.3. The Morgan fingerprint density at radius 2 is 1.91 bits per heavy atom. The van der Waals surface area contributed by atoms with Gasteiger partial charge in [-0.3, -0.25) is 19.8 Å². The van der Waals surface area contributed by atoms with Crippen LogP contribution in [0.25, 0.3) is 22.0 Å². The van der Waals surface area contributed by atoms with E-state index in [0.29, 0.717) is 16.8 Å². The lowest BCUT2D eigenvalue weighted by Gasteiger charge is -2.45. The molecule has 1 amide bonds. The first-order valence-corrected chi connectivity index (χ1v) is 11.8. The molecule has 1 fully saturated rings. The van der Waals surface area contributed by atoms with E-state index in [0.717, 1.165) is 27.0 Å². The Morgan fingerprint density at radius 1 is 1.11 bits per heavy atom. The van der Waals surface area contributed by atoms with Crippen LogP contribution in [0.3, 0.4) is 0 Å². The highest BCUT2D eigenvalue weighted by atomic mass is 32.1. The van der Waals surface area contributed by atoms with Crippen molar-refractivity contribution in [1.82, 2.24) is 20.0 Å². The zero-order valence-electron chi connectivity index (χ0n) is 19.3. The molecule has 2 atom stereocenters. The number of fused-ring (bicyclic) bond motifs is 1. The second-order valence-electron chi connectivity index (χ2n) is 8.76. The van der Waals surface area contributed by atoms with Crippen molar-refractivity contribution in [3.63, 3.8) is 0 Å². The summed E-state index contributed by atoms with van der Waals surface area (Å²) >= 11 is 1.51. The third-order valence-corrected chi connectivity index (χ3v) is 7.77. The quantitative estimate of drug-likeness (QED) is 0.459. The average Bonchev–Trinajstić information content (AvgIpc) is 3.47. The molecule has 9 heteroatoms. The van der Waals surface area contributed by atoms with Gasteiger partial charge in [0.25, 0.3) is 0 Å². The summed E-state index contributed by atoms with van der Waals surface area (Å²) in [4.78, 5) is 15.8. The Bertz CT molecular complexity index is 1600. The fourth-order valence-corrected chi connectivity index (χ4v) is 5.76. The number of carbonyl (C=O) groups excluding carboxylic acids is 1. The first-order chi connectivity index (χ1) is 16.8. The second kappa shape index (κ2) is 8.08. The minimum Gasteiger partial charge on any atom is -0.345 e. The normalized spacial score (nSPS) is 19.9. The van der Waals surface area contributed by atoms with Crippen molar-refractivity contribution in [2.45, 2.75) is 18.4 Å². The Balaban J connectivity index is 1.63. The number of thiophene rings is 1. The lowest BCUT2D eigenvalue weighted by Crippen LogP contribution is -2.62. The van der Waals surface area contributed by atoms with Crippen LogP contribution in [0.4, 0.5) is 0 Å². The van der Waals surface area contributed by atoms with Crippen molar-refractivity contribution < 1.29 is 4.79 Å². The lowest BCUT2D eigenvalue weighted by atomic mass is 9.76. The summed E-state index contributed by atoms with van der Waals surface area (Å²) in [6.07, 6.45) is 0. The predicted octanol–water partition coefficient (Wildman–Crippen LogP) is 4.04. The molecular formula is C26H21N7OS. The van der Waals surface area contributed by atoms with Gasteiger partial charge in [0.2, 0.25) is 5.91 Å². The van der Waals surface area contributed by atoms with E-state index in [9.17, 15) is 15.3 Å². The molecule has 5 rings (SSSR count). The SMILES string of the molecule is CN1C(=N)N[C@](C)(c2cc(-c3cccc(C#N)c3)cs2)[C@@H](c2ccc3c(C#N)n(C)nc3c2)C1=O. The van der Waals surface area contributed by atoms with Crippen LogP contribution < -0.4 is 5.32 Å². The molecule has 2 aromatic carbocycles. The van der Waals surface area contributed by atoms with Gasteiger partial charge in [-0.15, -0.1) is 11.3 Å². The number of hydrogen-bond acceptors (Lipinski definition) is 6. The molecule has 4 aromatic rings. The van der Waals surface area contributed by atoms with Crippen LogP contribution in [0.5, 0.6) is 0 Å². The zero-order valence-corrected chi connectivity index (χ0v) is 20.1. The van der Waals surface area contributed by atoms with E-state index in [2.05, 4.69) is 22.6 Å². The van der Waals surface area contributed by atoms with Gasteiger partial charge in [0.15, 0.2) is 5.96 Å². The van der Waals surface area contributed by atoms with Gasteiger partial charge in [-0.25, -0.2) is 0 Å². The van der Waals surface area contributed by atoms with Gasteiger partial charge in [-0.2, -0.15) is 15.6 Å². The van der Waals surface area contributed by atoms with E-state index in [-0.39, 0.29) is 11.9 Å². The van der Waals surface area contributed by atoms with E-state index in [1.807, 2.05) is 54.8 Å². The topological polar surface area (TPSA) is 122 Å². The van der Waals surface area contributed by atoms with Crippen LogP contribution in [0.2, 0.25) is 0 Å². The van der Waals surface area contributed by atoms with Gasteiger partial charge in [0.05, 0.1) is 28.6 Å². The lowest BCUT2D eigenvalue weighted by molar-refractivity contribution is -0.131. The molecule has 0 radical (unpaired) electrons. The number of carbonyl (C=O) groups is 1. The van der Waals surface area contributed by atoms with Gasteiger partial charge >= 0.3 is 0 Å². The number of likely N-dealkylation sites (N-methyl/N-ethyl adjacent to an activating group) is 1. The molecule has 1 saturated heterocycles. The molecule has 2 aromatic heterocycles. The maximum absolute atomic E-state index is 13.6. The van der Waals surface area contributed by atoms with Crippen molar-refractivity contribution in [1.29, 1.82) is 15.9 Å². The number of aromatic nitrogens is 2. The largest absolute Gasteiger partial charge is 0.345 e. The van der Waals surface area contributed by atoms with Crippen LogP contribution in [-0.2, 0) is 17.4 Å². The fraction of sp³-hybridized carbons (Fsp3) is 0.192. The molecule has 0 bridgehead atoms. The van der Waals surface area contributed by atoms with Crippen molar-refractivity contribution in [2.24, 2.45) is 7.05 Å². The highest BCUT2D eigenvalue weighted by Crippen LogP contribution is 2.44. The van der Waals surface area contributed by atoms with Crippen LogP contribution in [-0.4, -0.2) is 33.6 Å².